The molecule has 1 aromatic rings. The number of aryl methyl sites for hydroxylation is 1. The van der Waals surface area contributed by atoms with Gasteiger partial charge in [-0.25, -0.2) is 4.39 Å². The quantitative estimate of drug-likeness (QED) is 0.722. The monoisotopic (exact) mass is 183 g/mol. The van der Waals surface area contributed by atoms with Crippen molar-refractivity contribution in [2.24, 2.45) is 0 Å². The molecule has 1 rings (SSSR count). The van der Waals surface area contributed by atoms with Gasteiger partial charge in [-0.15, -0.1) is 0 Å². The van der Waals surface area contributed by atoms with E-state index in [4.69, 9.17) is 4.74 Å². The second-order valence-electron chi connectivity index (χ2n) is 2.88. The Morgan fingerprint density at radius 2 is 2.23 bits per heavy atom. The van der Waals surface area contributed by atoms with Crippen LogP contribution in [0.25, 0.3) is 0 Å². The van der Waals surface area contributed by atoms with Gasteiger partial charge in [0.1, 0.15) is 5.82 Å². The van der Waals surface area contributed by atoms with Gasteiger partial charge in [0.2, 0.25) is 0 Å². The first-order valence-electron chi connectivity index (χ1n) is 4.23. The highest BCUT2D eigenvalue weighted by Crippen LogP contribution is 2.12. The molecule has 1 N–H and O–H groups in total. The fraction of sp³-hybridized carbons (Fsp3) is 0.400. The van der Waals surface area contributed by atoms with Gasteiger partial charge in [0.15, 0.2) is 0 Å². The predicted octanol–water partition coefficient (Wildman–Crippen LogP) is 2.19. The Kier molecular flexibility index (Phi) is 3.71. The smallest absolute Gasteiger partial charge is 0.128 e. The Labute approximate surface area is 77.7 Å². The van der Waals surface area contributed by atoms with E-state index in [1.807, 2.05) is 6.07 Å². The fourth-order valence-electron chi connectivity index (χ4n) is 1.00. The topological polar surface area (TPSA) is 21.3 Å². The minimum absolute atomic E-state index is 0.178. The molecule has 13 heavy (non-hydrogen) atoms. The lowest BCUT2D eigenvalue weighted by molar-refractivity contribution is 0.211. The molecular weight excluding hydrogens is 169 g/mol. The van der Waals surface area contributed by atoms with E-state index in [2.05, 4.69) is 5.32 Å². The van der Waals surface area contributed by atoms with Crippen LogP contribution in [0.15, 0.2) is 18.2 Å². The number of ether oxygens (including phenoxy) is 1. The lowest BCUT2D eigenvalue weighted by atomic mass is 10.2. The summed E-state index contributed by atoms with van der Waals surface area (Å²) in [6, 6.07) is 5.10. The van der Waals surface area contributed by atoms with Crippen molar-refractivity contribution in [3.8, 4) is 0 Å². The number of hydrogen-bond acceptors (Lipinski definition) is 2. The van der Waals surface area contributed by atoms with Gasteiger partial charge in [0, 0.05) is 19.3 Å². The molecule has 0 aromatic heterocycles. The second kappa shape index (κ2) is 4.82. The summed E-state index contributed by atoms with van der Waals surface area (Å²) in [7, 11) is 1.64. The van der Waals surface area contributed by atoms with Crippen molar-refractivity contribution in [1.29, 1.82) is 0 Å². The Morgan fingerprint density at radius 1 is 1.46 bits per heavy atom. The third-order valence-corrected chi connectivity index (χ3v) is 1.81. The van der Waals surface area contributed by atoms with E-state index in [9.17, 15) is 4.39 Å². The number of anilines is 1. The van der Waals surface area contributed by atoms with Crippen LogP contribution in [0, 0.1) is 12.7 Å². The molecule has 0 unspecified atom stereocenters. The summed E-state index contributed by atoms with van der Waals surface area (Å²) in [5.74, 6) is -0.178. The maximum atomic E-state index is 13.0. The molecule has 0 atom stereocenters. The van der Waals surface area contributed by atoms with Crippen molar-refractivity contribution in [2.45, 2.75) is 6.92 Å². The van der Waals surface area contributed by atoms with Gasteiger partial charge in [0.25, 0.3) is 0 Å². The molecule has 1 aromatic carbocycles. The molecule has 0 aliphatic heterocycles. The first kappa shape index (κ1) is 9.99. The van der Waals surface area contributed by atoms with Crippen molar-refractivity contribution < 1.29 is 9.13 Å². The third-order valence-electron chi connectivity index (χ3n) is 1.81. The molecule has 0 spiro atoms. The molecule has 0 saturated heterocycles. The zero-order valence-electron chi connectivity index (χ0n) is 7.93. The number of benzene rings is 1. The Morgan fingerprint density at radius 3 is 2.85 bits per heavy atom. The van der Waals surface area contributed by atoms with Crippen LogP contribution < -0.4 is 5.32 Å². The van der Waals surface area contributed by atoms with Crippen LogP contribution in [0.2, 0.25) is 0 Å². The summed E-state index contributed by atoms with van der Waals surface area (Å²) < 4.78 is 17.9. The van der Waals surface area contributed by atoms with E-state index in [0.29, 0.717) is 18.7 Å². The van der Waals surface area contributed by atoms with E-state index in [0.717, 1.165) is 5.69 Å². The second-order valence-corrected chi connectivity index (χ2v) is 2.88. The highest BCUT2D eigenvalue weighted by atomic mass is 19.1. The summed E-state index contributed by atoms with van der Waals surface area (Å²) in [5, 5.41) is 3.05. The van der Waals surface area contributed by atoms with Crippen LogP contribution in [0.5, 0.6) is 0 Å². The molecule has 72 valence electrons. The Bertz CT molecular complexity index is 276. The summed E-state index contributed by atoms with van der Waals surface area (Å²) in [4.78, 5) is 0. The van der Waals surface area contributed by atoms with Crippen LogP contribution in [0.1, 0.15) is 5.56 Å². The van der Waals surface area contributed by atoms with Gasteiger partial charge >= 0.3 is 0 Å². The molecule has 0 radical (unpaired) electrons. The first-order valence-corrected chi connectivity index (χ1v) is 4.23. The van der Waals surface area contributed by atoms with Crippen molar-refractivity contribution in [2.75, 3.05) is 25.6 Å². The number of methoxy groups -OCH3 is 1. The molecule has 0 bridgehead atoms. The third kappa shape index (κ3) is 3.03. The lowest BCUT2D eigenvalue weighted by Crippen LogP contribution is -2.07. The van der Waals surface area contributed by atoms with Crippen LogP contribution in [-0.2, 0) is 4.74 Å². The first-order chi connectivity index (χ1) is 6.24. The van der Waals surface area contributed by atoms with Crippen LogP contribution in [-0.4, -0.2) is 20.3 Å². The van der Waals surface area contributed by atoms with E-state index in [1.165, 1.54) is 6.07 Å². The van der Waals surface area contributed by atoms with E-state index < -0.39 is 0 Å². The lowest BCUT2D eigenvalue weighted by Gasteiger charge is -2.06. The molecule has 3 heteroatoms. The Hall–Kier alpha value is -1.09. The molecule has 0 heterocycles. The van der Waals surface area contributed by atoms with Crippen LogP contribution >= 0.6 is 0 Å². The molecule has 0 aliphatic rings. The molecule has 0 saturated carbocycles. The van der Waals surface area contributed by atoms with Gasteiger partial charge in [-0.1, -0.05) is 6.07 Å². The van der Waals surface area contributed by atoms with Gasteiger partial charge in [-0.3, -0.25) is 0 Å². The summed E-state index contributed by atoms with van der Waals surface area (Å²) in [6.07, 6.45) is 0. The summed E-state index contributed by atoms with van der Waals surface area (Å²) in [6.45, 7) is 3.06. The molecule has 0 amide bonds. The van der Waals surface area contributed by atoms with Gasteiger partial charge in [-0.2, -0.15) is 0 Å². The number of halogens is 1. The molecule has 2 nitrogen and oxygen atoms in total. The molecule has 0 aliphatic carbocycles. The maximum absolute atomic E-state index is 13.0. The average molecular weight is 183 g/mol. The number of nitrogens with one attached hydrogen (secondary N) is 1. The van der Waals surface area contributed by atoms with Crippen molar-refractivity contribution >= 4 is 5.69 Å². The Balaban J connectivity index is 2.53. The van der Waals surface area contributed by atoms with Gasteiger partial charge in [-0.05, 0) is 24.6 Å². The minimum atomic E-state index is -0.178. The maximum Gasteiger partial charge on any atom is 0.128 e. The molecular formula is C10H14FNO. The SMILES string of the molecule is COCCNc1ccc(C)c(F)c1. The largest absolute Gasteiger partial charge is 0.383 e. The van der Waals surface area contributed by atoms with Crippen molar-refractivity contribution in [1.82, 2.24) is 0 Å². The number of rotatable bonds is 4. The zero-order chi connectivity index (χ0) is 9.68. The standard InChI is InChI=1S/C10H14FNO/c1-8-3-4-9(7-10(8)11)12-5-6-13-2/h3-4,7,12H,5-6H2,1-2H3. The average Bonchev–Trinajstić information content (AvgIpc) is 2.12. The minimum Gasteiger partial charge on any atom is -0.383 e. The van der Waals surface area contributed by atoms with Gasteiger partial charge in [0.05, 0.1) is 6.61 Å². The highest BCUT2D eigenvalue weighted by molar-refractivity contribution is 5.44. The highest BCUT2D eigenvalue weighted by Gasteiger charge is 1.97. The summed E-state index contributed by atoms with van der Waals surface area (Å²) in [5.41, 5.74) is 1.46. The molecule has 0 fully saturated rings. The fourth-order valence-corrected chi connectivity index (χ4v) is 1.00. The van der Waals surface area contributed by atoms with Crippen molar-refractivity contribution in [3.05, 3.63) is 29.6 Å². The normalized spacial score (nSPS) is 10.1. The predicted molar refractivity (Wildman–Crippen MR) is 51.5 cm³/mol. The van der Waals surface area contributed by atoms with Gasteiger partial charge < -0.3 is 10.1 Å². The van der Waals surface area contributed by atoms with E-state index in [1.54, 1.807) is 20.1 Å². The van der Waals surface area contributed by atoms with Crippen LogP contribution in [0.3, 0.4) is 0 Å². The van der Waals surface area contributed by atoms with E-state index >= 15 is 0 Å². The van der Waals surface area contributed by atoms with Crippen LogP contribution in [0.4, 0.5) is 10.1 Å². The van der Waals surface area contributed by atoms with Crippen molar-refractivity contribution in [3.63, 3.8) is 0 Å². The van der Waals surface area contributed by atoms with E-state index in [-0.39, 0.29) is 5.82 Å². The zero-order valence-corrected chi connectivity index (χ0v) is 7.93. The number of hydrogen-bond donors (Lipinski definition) is 1. The summed E-state index contributed by atoms with van der Waals surface area (Å²) >= 11 is 0.